The quantitative estimate of drug-likeness (QED) is 0.602. The maximum absolute atomic E-state index is 11.6. The summed E-state index contributed by atoms with van der Waals surface area (Å²) in [5, 5.41) is 2.91. The van der Waals surface area contributed by atoms with Crippen LogP contribution in [0.4, 0.5) is 0 Å². The molecule has 0 radical (unpaired) electrons. The normalized spacial score (nSPS) is 10.3. The highest BCUT2D eigenvalue weighted by Crippen LogP contribution is 2.16. The number of H-pyrrole nitrogens is 1. The number of imidazole rings is 1. The zero-order valence-corrected chi connectivity index (χ0v) is 11.5. The minimum absolute atomic E-state index is 0.0771. The lowest BCUT2D eigenvalue weighted by molar-refractivity contribution is -0.118. The Kier molecular flexibility index (Phi) is 5.49. The number of hydrogen-bond donors (Lipinski definition) is 2. The molecule has 19 heavy (non-hydrogen) atoms. The summed E-state index contributed by atoms with van der Waals surface area (Å²) in [6.45, 7) is 0.689. The van der Waals surface area contributed by atoms with Crippen LogP contribution in [0.2, 0.25) is 0 Å². The third-order valence-electron chi connectivity index (χ3n) is 2.58. The van der Waals surface area contributed by atoms with Gasteiger partial charge in [-0.1, -0.05) is 18.2 Å². The lowest BCUT2D eigenvalue weighted by atomic mass is 10.3. The maximum Gasteiger partial charge on any atom is 0.230 e. The van der Waals surface area contributed by atoms with E-state index in [9.17, 15) is 4.79 Å². The molecule has 0 aliphatic carbocycles. The number of amides is 1. The molecule has 0 aliphatic rings. The molecule has 2 rings (SSSR count). The Morgan fingerprint density at radius 3 is 2.89 bits per heavy atom. The molecule has 0 spiro atoms. The zero-order chi connectivity index (χ0) is 13.3. The molecule has 0 saturated heterocycles. The Morgan fingerprint density at radius 2 is 2.16 bits per heavy atom. The average molecular weight is 275 g/mol. The standard InChI is InChI=1S/C14H17N3OS/c18-14(11-19-12-5-2-1-3-6-12)17-8-4-7-13-15-9-10-16-13/h1-3,5-6,9-10H,4,7-8,11H2,(H,15,16)(H,17,18). The molecular weight excluding hydrogens is 258 g/mol. The van der Waals surface area contributed by atoms with Crippen molar-refractivity contribution in [2.24, 2.45) is 0 Å². The van der Waals surface area contributed by atoms with Gasteiger partial charge in [-0.05, 0) is 18.6 Å². The molecule has 2 N–H and O–H groups in total. The summed E-state index contributed by atoms with van der Waals surface area (Å²) in [7, 11) is 0. The van der Waals surface area contributed by atoms with Crippen molar-refractivity contribution in [2.45, 2.75) is 17.7 Å². The van der Waals surface area contributed by atoms with Crippen LogP contribution in [-0.4, -0.2) is 28.2 Å². The molecule has 0 saturated carbocycles. The molecule has 1 aromatic heterocycles. The van der Waals surface area contributed by atoms with Gasteiger partial charge in [0.2, 0.25) is 5.91 Å². The van der Waals surface area contributed by atoms with Crippen molar-refractivity contribution in [1.82, 2.24) is 15.3 Å². The Morgan fingerprint density at radius 1 is 1.32 bits per heavy atom. The molecule has 0 fully saturated rings. The second-order valence-electron chi connectivity index (χ2n) is 4.09. The summed E-state index contributed by atoms with van der Waals surface area (Å²) in [6, 6.07) is 9.94. The van der Waals surface area contributed by atoms with E-state index in [4.69, 9.17) is 0 Å². The van der Waals surface area contributed by atoms with Gasteiger partial charge < -0.3 is 10.3 Å². The van der Waals surface area contributed by atoms with Gasteiger partial charge in [0.1, 0.15) is 5.82 Å². The number of aryl methyl sites for hydroxylation is 1. The largest absolute Gasteiger partial charge is 0.355 e. The van der Waals surface area contributed by atoms with Gasteiger partial charge in [-0.3, -0.25) is 4.79 Å². The van der Waals surface area contributed by atoms with Crippen molar-refractivity contribution in [1.29, 1.82) is 0 Å². The number of nitrogens with zero attached hydrogens (tertiary/aromatic N) is 1. The first-order valence-corrected chi connectivity index (χ1v) is 7.26. The number of benzene rings is 1. The van der Waals surface area contributed by atoms with Crippen LogP contribution in [-0.2, 0) is 11.2 Å². The van der Waals surface area contributed by atoms with Crippen molar-refractivity contribution >= 4 is 17.7 Å². The number of carbonyl (C=O) groups excluding carboxylic acids is 1. The van der Waals surface area contributed by atoms with Crippen LogP contribution in [0.5, 0.6) is 0 Å². The van der Waals surface area contributed by atoms with E-state index in [-0.39, 0.29) is 5.91 Å². The van der Waals surface area contributed by atoms with Crippen LogP contribution in [0.15, 0.2) is 47.6 Å². The first-order valence-electron chi connectivity index (χ1n) is 6.27. The molecule has 1 amide bonds. The predicted molar refractivity (Wildman–Crippen MR) is 77.1 cm³/mol. The second-order valence-corrected chi connectivity index (χ2v) is 5.14. The van der Waals surface area contributed by atoms with Crippen molar-refractivity contribution < 1.29 is 4.79 Å². The summed E-state index contributed by atoms with van der Waals surface area (Å²) < 4.78 is 0. The van der Waals surface area contributed by atoms with E-state index >= 15 is 0 Å². The molecule has 100 valence electrons. The number of hydrogen-bond acceptors (Lipinski definition) is 3. The third kappa shape index (κ3) is 5.18. The Bertz CT molecular complexity index is 485. The van der Waals surface area contributed by atoms with Crippen LogP contribution in [0.1, 0.15) is 12.2 Å². The predicted octanol–water partition coefficient (Wildman–Crippen LogP) is 2.25. The van der Waals surface area contributed by atoms with E-state index in [0.717, 1.165) is 23.6 Å². The molecule has 0 atom stereocenters. The third-order valence-corrected chi connectivity index (χ3v) is 3.59. The minimum atomic E-state index is 0.0771. The number of rotatable bonds is 7. The Labute approximate surface area is 117 Å². The number of aromatic nitrogens is 2. The van der Waals surface area contributed by atoms with Crippen molar-refractivity contribution in [3.05, 3.63) is 48.5 Å². The highest BCUT2D eigenvalue weighted by Gasteiger charge is 2.02. The van der Waals surface area contributed by atoms with E-state index < -0.39 is 0 Å². The van der Waals surface area contributed by atoms with Crippen molar-refractivity contribution in [3.63, 3.8) is 0 Å². The van der Waals surface area contributed by atoms with E-state index in [1.54, 1.807) is 18.0 Å². The zero-order valence-electron chi connectivity index (χ0n) is 10.6. The highest BCUT2D eigenvalue weighted by molar-refractivity contribution is 8.00. The molecule has 0 unspecified atom stereocenters. The number of aromatic amines is 1. The topological polar surface area (TPSA) is 57.8 Å². The van der Waals surface area contributed by atoms with E-state index in [1.807, 2.05) is 36.5 Å². The molecule has 1 aromatic carbocycles. The fourth-order valence-corrected chi connectivity index (χ4v) is 2.38. The summed E-state index contributed by atoms with van der Waals surface area (Å²) in [6.07, 6.45) is 5.31. The van der Waals surface area contributed by atoms with Crippen LogP contribution in [0, 0.1) is 0 Å². The first kappa shape index (κ1) is 13.7. The maximum atomic E-state index is 11.6. The minimum Gasteiger partial charge on any atom is -0.355 e. The van der Waals surface area contributed by atoms with Crippen LogP contribution in [0.3, 0.4) is 0 Å². The molecule has 0 bridgehead atoms. The molecule has 4 nitrogen and oxygen atoms in total. The monoisotopic (exact) mass is 275 g/mol. The van der Waals surface area contributed by atoms with Gasteiger partial charge in [0, 0.05) is 30.3 Å². The Hall–Kier alpha value is -1.75. The summed E-state index contributed by atoms with van der Waals surface area (Å²) >= 11 is 1.55. The van der Waals surface area contributed by atoms with Gasteiger partial charge in [-0.15, -0.1) is 11.8 Å². The van der Waals surface area contributed by atoms with Gasteiger partial charge >= 0.3 is 0 Å². The molecule has 0 aliphatic heterocycles. The summed E-state index contributed by atoms with van der Waals surface area (Å²) in [5.41, 5.74) is 0. The van der Waals surface area contributed by atoms with Gasteiger partial charge in [0.15, 0.2) is 0 Å². The molecular formula is C14H17N3OS. The summed E-state index contributed by atoms with van der Waals surface area (Å²) in [4.78, 5) is 19.9. The number of nitrogens with one attached hydrogen (secondary N) is 2. The van der Waals surface area contributed by atoms with Crippen LogP contribution in [0.25, 0.3) is 0 Å². The highest BCUT2D eigenvalue weighted by atomic mass is 32.2. The fourth-order valence-electron chi connectivity index (χ4n) is 1.63. The molecule has 2 aromatic rings. The van der Waals surface area contributed by atoms with Crippen LogP contribution >= 0.6 is 11.8 Å². The van der Waals surface area contributed by atoms with E-state index in [2.05, 4.69) is 15.3 Å². The van der Waals surface area contributed by atoms with Crippen molar-refractivity contribution in [2.75, 3.05) is 12.3 Å². The van der Waals surface area contributed by atoms with Gasteiger partial charge in [0.25, 0.3) is 0 Å². The van der Waals surface area contributed by atoms with Gasteiger partial charge in [0.05, 0.1) is 5.75 Å². The SMILES string of the molecule is O=C(CSc1ccccc1)NCCCc1ncc[nH]1. The average Bonchev–Trinajstić information content (AvgIpc) is 2.96. The summed E-state index contributed by atoms with van der Waals surface area (Å²) in [5.74, 6) is 1.51. The fraction of sp³-hybridized carbons (Fsp3) is 0.286. The van der Waals surface area contributed by atoms with Gasteiger partial charge in [-0.25, -0.2) is 4.98 Å². The van der Waals surface area contributed by atoms with E-state index in [0.29, 0.717) is 12.3 Å². The number of thioether (sulfide) groups is 1. The Balaban J connectivity index is 1.57. The number of carbonyl (C=O) groups is 1. The van der Waals surface area contributed by atoms with E-state index in [1.165, 1.54) is 0 Å². The van der Waals surface area contributed by atoms with Crippen molar-refractivity contribution in [3.8, 4) is 0 Å². The lowest BCUT2D eigenvalue weighted by Crippen LogP contribution is -2.26. The first-order chi connectivity index (χ1) is 9.34. The molecule has 5 heteroatoms. The van der Waals surface area contributed by atoms with Crippen LogP contribution < -0.4 is 5.32 Å². The molecule has 1 heterocycles. The second kappa shape index (κ2) is 7.63. The smallest absolute Gasteiger partial charge is 0.230 e. The van der Waals surface area contributed by atoms with Gasteiger partial charge in [-0.2, -0.15) is 0 Å². The lowest BCUT2D eigenvalue weighted by Gasteiger charge is -2.04.